The first-order valence-corrected chi connectivity index (χ1v) is 10.2. The van der Waals surface area contributed by atoms with E-state index in [1.54, 1.807) is 0 Å². The maximum Gasteiger partial charge on any atom is 0.258 e. The van der Waals surface area contributed by atoms with E-state index in [2.05, 4.69) is 20.3 Å². The molecule has 0 aliphatic heterocycles. The van der Waals surface area contributed by atoms with Crippen LogP contribution in [0.25, 0.3) is 11.1 Å². The molecule has 31 heavy (non-hydrogen) atoms. The van der Waals surface area contributed by atoms with Gasteiger partial charge in [-0.2, -0.15) is 0 Å². The van der Waals surface area contributed by atoms with Gasteiger partial charge in [-0.15, -0.1) is 0 Å². The molecule has 1 fully saturated rings. The van der Waals surface area contributed by atoms with E-state index < -0.39 is 23.7 Å². The van der Waals surface area contributed by atoms with Gasteiger partial charge in [-0.05, 0) is 61.5 Å². The Labute approximate surface area is 181 Å². The number of benzene rings is 1. The fourth-order valence-corrected chi connectivity index (χ4v) is 3.89. The Bertz CT molecular complexity index is 1100. The van der Waals surface area contributed by atoms with E-state index in [0.717, 1.165) is 18.2 Å². The number of carbonyl (C=O) groups is 1. The fourth-order valence-electron chi connectivity index (χ4n) is 3.79. The minimum Gasteiger partial charge on any atom is -0.320 e. The van der Waals surface area contributed by atoms with Crippen molar-refractivity contribution in [1.82, 2.24) is 15.0 Å². The lowest BCUT2D eigenvalue weighted by molar-refractivity contribution is 0.102. The Morgan fingerprint density at radius 2 is 1.71 bits per heavy atom. The smallest absolute Gasteiger partial charge is 0.258 e. The van der Waals surface area contributed by atoms with Crippen molar-refractivity contribution in [2.45, 2.75) is 37.8 Å². The van der Waals surface area contributed by atoms with E-state index in [1.165, 1.54) is 24.7 Å². The summed E-state index contributed by atoms with van der Waals surface area (Å²) in [5.74, 6) is -1.93. The number of aromatic nitrogens is 3. The van der Waals surface area contributed by atoms with Crippen molar-refractivity contribution >= 4 is 23.2 Å². The van der Waals surface area contributed by atoms with E-state index in [-0.39, 0.29) is 33.6 Å². The number of hydrogen-bond donors (Lipinski definition) is 1. The third-order valence-corrected chi connectivity index (χ3v) is 5.56. The lowest BCUT2D eigenvalue weighted by Crippen LogP contribution is -2.20. The molecule has 1 aliphatic carbocycles. The van der Waals surface area contributed by atoms with Crippen LogP contribution in [0.5, 0.6) is 0 Å². The lowest BCUT2D eigenvalue weighted by Gasteiger charge is -2.26. The summed E-state index contributed by atoms with van der Waals surface area (Å²) in [6.45, 7) is 0. The molecule has 0 unspecified atom stereocenters. The van der Waals surface area contributed by atoms with Crippen LogP contribution in [0.1, 0.15) is 47.7 Å². The molecule has 0 bridgehead atoms. The molecular weight excluding hydrogens is 429 g/mol. The Morgan fingerprint density at radius 3 is 2.42 bits per heavy atom. The number of anilines is 1. The van der Waals surface area contributed by atoms with Gasteiger partial charge in [-0.1, -0.05) is 0 Å². The van der Waals surface area contributed by atoms with Gasteiger partial charge in [0, 0.05) is 35.6 Å². The van der Waals surface area contributed by atoms with E-state index >= 15 is 0 Å². The molecule has 1 aromatic carbocycles. The van der Waals surface area contributed by atoms with Gasteiger partial charge < -0.3 is 5.32 Å². The number of nitrogens with one attached hydrogen (secondary N) is 1. The van der Waals surface area contributed by atoms with Gasteiger partial charge in [0.2, 0.25) is 5.28 Å². The van der Waals surface area contributed by atoms with Gasteiger partial charge in [-0.3, -0.25) is 9.78 Å². The molecule has 1 saturated carbocycles. The predicted molar refractivity (Wildman–Crippen MR) is 111 cm³/mol. The number of hydrogen-bond acceptors (Lipinski definition) is 4. The van der Waals surface area contributed by atoms with Crippen LogP contribution in [0.3, 0.4) is 0 Å². The third-order valence-electron chi connectivity index (χ3n) is 5.36. The second kappa shape index (κ2) is 9.01. The molecular formula is C22H18ClF3N4O. The molecule has 0 radical (unpaired) electrons. The van der Waals surface area contributed by atoms with Gasteiger partial charge in [0.25, 0.3) is 5.91 Å². The van der Waals surface area contributed by atoms with Gasteiger partial charge in [0.05, 0.1) is 16.9 Å². The summed E-state index contributed by atoms with van der Waals surface area (Å²) in [5, 5.41) is 2.75. The monoisotopic (exact) mass is 446 g/mol. The topological polar surface area (TPSA) is 67.8 Å². The number of alkyl halides is 1. The van der Waals surface area contributed by atoms with E-state index in [4.69, 9.17) is 11.6 Å². The summed E-state index contributed by atoms with van der Waals surface area (Å²) < 4.78 is 42.1. The highest BCUT2D eigenvalue weighted by molar-refractivity contribution is 6.28. The SMILES string of the molecule is O=C(Nc1c(-c2cc(F)ccc2F)ccnc1C1CCC(F)CC1)c1cnc(Cl)nc1. The van der Waals surface area contributed by atoms with Crippen molar-refractivity contribution in [3.63, 3.8) is 0 Å². The number of halogens is 4. The van der Waals surface area contributed by atoms with Crippen LogP contribution >= 0.6 is 11.6 Å². The minimum atomic E-state index is -0.871. The molecule has 0 spiro atoms. The quantitative estimate of drug-likeness (QED) is 0.520. The molecule has 5 nitrogen and oxygen atoms in total. The number of carbonyl (C=O) groups excluding carboxylic acids is 1. The maximum absolute atomic E-state index is 14.6. The summed E-state index contributed by atoms with van der Waals surface area (Å²) in [6, 6.07) is 4.62. The predicted octanol–water partition coefficient (Wildman–Crippen LogP) is 5.72. The van der Waals surface area contributed by atoms with Gasteiger partial charge in [0.1, 0.15) is 17.8 Å². The van der Waals surface area contributed by atoms with Crippen molar-refractivity contribution in [1.29, 1.82) is 0 Å². The molecule has 2 heterocycles. The van der Waals surface area contributed by atoms with Crippen LogP contribution < -0.4 is 5.32 Å². The van der Waals surface area contributed by atoms with Crippen molar-refractivity contribution in [2.24, 2.45) is 0 Å². The molecule has 3 aromatic rings. The number of rotatable bonds is 4. The summed E-state index contributed by atoms with van der Waals surface area (Å²) in [5.41, 5.74) is 1.18. The van der Waals surface area contributed by atoms with Crippen LogP contribution in [-0.4, -0.2) is 27.0 Å². The highest BCUT2D eigenvalue weighted by Crippen LogP contribution is 2.41. The Balaban J connectivity index is 1.79. The fraction of sp³-hybridized carbons (Fsp3) is 0.273. The van der Waals surface area contributed by atoms with Crippen LogP contribution in [-0.2, 0) is 0 Å². The molecule has 0 saturated heterocycles. The van der Waals surface area contributed by atoms with Gasteiger partial charge >= 0.3 is 0 Å². The van der Waals surface area contributed by atoms with E-state index in [1.807, 2.05) is 0 Å². The van der Waals surface area contributed by atoms with Crippen molar-refractivity contribution in [2.75, 3.05) is 5.32 Å². The highest BCUT2D eigenvalue weighted by Gasteiger charge is 2.27. The van der Waals surface area contributed by atoms with Crippen molar-refractivity contribution < 1.29 is 18.0 Å². The highest BCUT2D eigenvalue weighted by atomic mass is 35.5. The summed E-state index contributed by atoms with van der Waals surface area (Å²) in [4.78, 5) is 24.9. The Kier molecular flexibility index (Phi) is 6.18. The summed E-state index contributed by atoms with van der Waals surface area (Å²) in [7, 11) is 0. The molecule has 160 valence electrons. The number of pyridine rings is 1. The Hall–Kier alpha value is -3.00. The molecule has 4 rings (SSSR count). The number of amides is 1. The molecule has 2 aromatic heterocycles. The van der Waals surface area contributed by atoms with Crippen LogP contribution in [0.15, 0.2) is 42.9 Å². The summed E-state index contributed by atoms with van der Waals surface area (Å²) in [6.07, 6.45) is 4.97. The van der Waals surface area contributed by atoms with Crippen LogP contribution in [0, 0.1) is 11.6 Å². The van der Waals surface area contributed by atoms with Gasteiger partial charge in [0.15, 0.2) is 0 Å². The van der Waals surface area contributed by atoms with Gasteiger partial charge in [-0.25, -0.2) is 23.1 Å². The Morgan fingerprint density at radius 1 is 1.00 bits per heavy atom. The zero-order valence-electron chi connectivity index (χ0n) is 16.3. The first-order valence-electron chi connectivity index (χ1n) is 9.79. The maximum atomic E-state index is 14.6. The van der Waals surface area contributed by atoms with Crippen molar-refractivity contribution in [3.05, 3.63) is 71.0 Å². The molecule has 1 amide bonds. The van der Waals surface area contributed by atoms with Crippen LogP contribution in [0.2, 0.25) is 5.28 Å². The molecule has 0 atom stereocenters. The third kappa shape index (κ3) is 4.69. The first-order chi connectivity index (χ1) is 14.9. The number of nitrogens with zero attached hydrogens (tertiary/aromatic N) is 3. The normalized spacial score (nSPS) is 18.6. The van der Waals surface area contributed by atoms with Crippen molar-refractivity contribution in [3.8, 4) is 11.1 Å². The second-order valence-electron chi connectivity index (χ2n) is 7.39. The standard InChI is InChI=1S/C22H18ClF3N4O/c23-22-28-10-13(11-29-22)21(31)30-20-16(17-9-15(25)5-6-18(17)26)7-8-27-19(20)12-1-3-14(24)4-2-12/h5-12,14H,1-4H2,(H,30,31). The zero-order valence-corrected chi connectivity index (χ0v) is 17.0. The average Bonchev–Trinajstić information content (AvgIpc) is 2.77. The van der Waals surface area contributed by atoms with E-state index in [9.17, 15) is 18.0 Å². The zero-order chi connectivity index (χ0) is 22.0. The molecule has 9 heteroatoms. The largest absolute Gasteiger partial charge is 0.320 e. The van der Waals surface area contributed by atoms with E-state index in [0.29, 0.717) is 31.4 Å². The lowest BCUT2D eigenvalue weighted by atomic mass is 9.84. The minimum absolute atomic E-state index is 0.00881. The molecule has 1 N–H and O–H groups in total. The average molecular weight is 447 g/mol. The molecule has 1 aliphatic rings. The second-order valence-corrected chi connectivity index (χ2v) is 7.72. The summed E-state index contributed by atoms with van der Waals surface area (Å²) >= 11 is 5.68. The van der Waals surface area contributed by atoms with Crippen LogP contribution in [0.4, 0.5) is 18.9 Å². The first kappa shape index (κ1) is 21.2.